The second-order valence-corrected chi connectivity index (χ2v) is 18.2. The number of carbonyl (C=O) groups excluding carboxylic acids is 8. The summed E-state index contributed by atoms with van der Waals surface area (Å²) in [4.78, 5) is 120. The standard InChI is InChI=1S/C42H77N11O12S/c1-24(2)19-30(50-36(58)27(11-6-8-15-43)47-34(56)21-46-35(57)26(45)22-54)39(61)48-29(14-18-66-5)38(60)52-32(23-55)41(63)53-17-10-13-33(53)40(62)49-28(12-7-9-16-44)37(59)51-31(42(64)65)20-25(3)4/h24-33,54-55H,6-23,43-45H2,1-5H3,(H,46,57)(H,47,56)(H,48,61)(H,49,62)(H,50,58)(H,51,59)(H,52,60)(H,64,65)/t26-,27-,28-,29-,30-,31-,32-,33-/m0/s1. The van der Waals surface area contributed by atoms with Crippen molar-refractivity contribution in [2.75, 3.05) is 51.4 Å². The molecule has 0 saturated carbocycles. The number of likely N-dealkylation sites (tertiary alicyclic amines) is 1. The minimum Gasteiger partial charge on any atom is -0.480 e. The monoisotopic (exact) mass is 960 g/mol. The molecule has 378 valence electrons. The summed E-state index contributed by atoms with van der Waals surface area (Å²) in [6.45, 7) is 5.94. The van der Waals surface area contributed by atoms with Crippen molar-refractivity contribution >= 4 is 65.0 Å². The Kier molecular flexibility index (Phi) is 28.9. The van der Waals surface area contributed by atoms with Gasteiger partial charge in [0.1, 0.15) is 48.3 Å². The molecule has 24 heteroatoms. The summed E-state index contributed by atoms with van der Waals surface area (Å²) in [5, 5.41) is 47.1. The number of thioether (sulfide) groups is 1. The van der Waals surface area contributed by atoms with E-state index < -0.39 is 121 Å². The van der Waals surface area contributed by atoms with Crippen molar-refractivity contribution in [3.8, 4) is 0 Å². The number of rotatable bonds is 33. The van der Waals surface area contributed by atoms with Crippen molar-refractivity contribution in [1.82, 2.24) is 42.1 Å². The molecule has 1 fully saturated rings. The predicted octanol–water partition coefficient (Wildman–Crippen LogP) is -3.50. The number of hydrogen-bond acceptors (Lipinski definition) is 15. The van der Waals surface area contributed by atoms with Crippen LogP contribution in [0, 0.1) is 11.8 Å². The van der Waals surface area contributed by atoms with Gasteiger partial charge in [0.15, 0.2) is 0 Å². The number of carbonyl (C=O) groups is 9. The molecule has 0 spiro atoms. The maximum absolute atomic E-state index is 13.9. The van der Waals surface area contributed by atoms with Crippen LogP contribution in [-0.4, -0.2) is 173 Å². The number of aliphatic hydroxyl groups is 2. The summed E-state index contributed by atoms with van der Waals surface area (Å²) < 4.78 is 0. The third kappa shape index (κ3) is 21.8. The number of unbranched alkanes of at least 4 members (excludes halogenated alkanes) is 2. The van der Waals surface area contributed by atoms with Crippen LogP contribution in [0.25, 0.3) is 0 Å². The van der Waals surface area contributed by atoms with Crippen molar-refractivity contribution in [2.45, 2.75) is 147 Å². The Morgan fingerprint density at radius 1 is 0.636 bits per heavy atom. The van der Waals surface area contributed by atoms with Crippen molar-refractivity contribution < 1.29 is 58.5 Å². The van der Waals surface area contributed by atoms with Crippen molar-refractivity contribution in [1.29, 1.82) is 0 Å². The Labute approximate surface area is 391 Å². The lowest BCUT2D eigenvalue weighted by molar-refractivity contribution is -0.144. The summed E-state index contributed by atoms with van der Waals surface area (Å²) in [7, 11) is 0. The van der Waals surface area contributed by atoms with Crippen molar-refractivity contribution in [2.24, 2.45) is 29.0 Å². The maximum atomic E-state index is 13.9. The molecule has 66 heavy (non-hydrogen) atoms. The third-order valence-electron chi connectivity index (χ3n) is 10.7. The van der Waals surface area contributed by atoms with Crippen LogP contribution >= 0.6 is 11.8 Å². The van der Waals surface area contributed by atoms with E-state index in [-0.39, 0.29) is 56.9 Å². The van der Waals surface area contributed by atoms with Crippen LogP contribution in [-0.2, 0) is 43.2 Å². The van der Waals surface area contributed by atoms with Gasteiger partial charge in [-0.1, -0.05) is 27.7 Å². The quantitative estimate of drug-likeness (QED) is 0.0284. The van der Waals surface area contributed by atoms with Gasteiger partial charge < -0.3 is 74.6 Å². The van der Waals surface area contributed by atoms with Crippen LogP contribution in [0.2, 0.25) is 0 Å². The average Bonchev–Trinajstić information content (AvgIpc) is 3.77. The van der Waals surface area contributed by atoms with E-state index in [2.05, 4.69) is 37.2 Å². The van der Waals surface area contributed by atoms with Gasteiger partial charge in [-0.25, -0.2) is 4.79 Å². The second-order valence-electron chi connectivity index (χ2n) is 17.3. The normalized spacial score (nSPS) is 16.8. The third-order valence-corrected chi connectivity index (χ3v) is 11.3. The molecule has 0 unspecified atom stereocenters. The number of nitrogens with one attached hydrogen (secondary N) is 7. The predicted molar refractivity (Wildman–Crippen MR) is 247 cm³/mol. The molecular weight excluding hydrogens is 883 g/mol. The molecule has 0 aromatic heterocycles. The Morgan fingerprint density at radius 2 is 1.12 bits per heavy atom. The number of carboxylic acids is 1. The Hall–Kier alpha value is -4.62. The zero-order valence-corrected chi connectivity index (χ0v) is 39.9. The molecule has 1 aliphatic rings. The van der Waals surface area contributed by atoms with E-state index in [0.29, 0.717) is 50.9 Å². The van der Waals surface area contributed by atoms with Crippen LogP contribution in [0.5, 0.6) is 0 Å². The van der Waals surface area contributed by atoms with Crippen LogP contribution in [0.1, 0.15) is 98.3 Å². The fourth-order valence-corrected chi connectivity index (χ4v) is 7.57. The Morgan fingerprint density at radius 3 is 1.62 bits per heavy atom. The van der Waals surface area contributed by atoms with Gasteiger partial charge in [0.2, 0.25) is 47.3 Å². The number of carboxylic acid groups (broad SMARTS) is 1. The number of aliphatic carboxylic acids is 1. The van der Waals surface area contributed by atoms with Crippen LogP contribution < -0.4 is 54.4 Å². The molecule has 8 atom stereocenters. The van der Waals surface area contributed by atoms with Crippen LogP contribution in [0.4, 0.5) is 0 Å². The molecule has 0 bridgehead atoms. The van der Waals surface area contributed by atoms with Crippen molar-refractivity contribution in [3.05, 3.63) is 0 Å². The van der Waals surface area contributed by atoms with Crippen molar-refractivity contribution in [3.63, 3.8) is 0 Å². The van der Waals surface area contributed by atoms with E-state index in [1.54, 1.807) is 6.26 Å². The van der Waals surface area contributed by atoms with E-state index in [9.17, 15) is 53.4 Å². The summed E-state index contributed by atoms with van der Waals surface area (Å²) in [5.41, 5.74) is 16.8. The van der Waals surface area contributed by atoms with Gasteiger partial charge in [-0.2, -0.15) is 11.8 Å². The molecule has 1 saturated heterocycles. The fraction of sp³-hybridized carbons (Fsp3) is 0.786. The zero-order valence-electron chi connectivity index (χ0n) is 39.1. The largest absolute Gasteiger partial charge is 0.480 e. The summed E-state index contributed by atoms with van der Waals surface area (Å²) in [6.07, 6.45) is 4.97. The summed E-state index contributed by atoms with van der Waals surface area (Å²) in [6, 6.07) is -9.77. The number of amides is 8. The first kappa shape index (κ1) is 59.4. The van der Waals surface area contributed by atoms with E-state index in [0.717, 1.165) is 0 Å². The highest BCUT2D eigenvalue weighted by molar-refractivity contribution is 7.98. The molecule has 1 heterocycles. The molecule has 0 aromatic carbocycles. The fourth-order valence-electron chi connectivity index (χ4n) is 7.10. The minimum atomic E-state index is -1.54. The number of hydrogen-bond donors (Lipinski definition) is 13. The maximum Gasteiger partial charge on any atom is 0.326 e. The lowest BCUT2D eigenvalue weighted by Crippen LogP contribution is -2.60. The van der Waals surface area contributed by atoms with Crippen LogP contribution in [0.15, 0.2) is 0 Å². The number of nitrogens with zero attached hydrogens (tertiary/aromatic N) is 1. The highest BCUT2D eigenvalue weighted by atomic mass is 32.2. The van der Waals surface area contributed by atoms with E-state index in [1.165, 1.54) is 16.7 Å². The first-order chi connectivity index (χ1) is 31.2. The summed E-state index contributed by atoms with van der Waals surface area (Å²) >= 11 is 1.38. The van der Waals surface area contributed by atoms with Gasteiger partial charge in [-0.15, -0.1) is 0 Å². The van der Waals surface area contributed by atoms with Gasteiger partial charge in [0.05, 0.1) is 19.8 Å². The Bertz CT molecular complexity index is 1590. The zero-order chi connectivity index (χ0) is 49.9. The van der Waals surface area contributed by atoms with Gasteiger partial charge in [-0.05, 0) is 108 Å². The van der Waals surface area contributed by atoms with Gasteiger partial charge >= 0.3 is 5.97 Å². The number of aliphatic hydroxyl groups excluding tert-OH is 2. The van der Waals surface area contributed by atoms with Crippen LogP contribution in [0.3, 0.4) is 0 Å². The summed E-state index contributed by atoms with van der Waals surface area (Å²) in [5.74, 6) is -6.95. The lowest BCUT2D eigenvalue weighted by atomic mass is 10.0. The number of nitrogens with two attached hydrogens (primary N) is 3. The smallest absolute Gasteiger partial charge is 0.326 e. The average molecular weight is 960 g/mol. The SMILES string of the molecule is CSCC[C@H](NC(=O)[C@H](CC(C)C)NC(=O)[C@H](CCCCN)NC(=O)CNC(=O)[C@@H](N)CO)C(=O)N[C@@H](CO)C(=O)N1CCC[C@H]1C(=O)N[C@@H](CCCCN)C(=O)N[C@@H](CC(C)C)C(=O)O. The molecule has 0 aromatic rings. The molecule has 0 aliphatic carbocycles. The van der Waals surface area contributed by atoms with Gasteiger partial charge in [-0.3, -0.25) is 38.4 Å². The second kappa shape index (κ2) is 32.1. The topological polar surface area (TPSA) is 380 Å². The van der Waals surface area contributed by atoms with Gasteiger partial charge in [0.25, 0.3) is 0 Å². The minimum absolute atomic E-state index is 0.0479. The molecular formula is C42H77N11O12S. The molecule has 23 nitrogen and oxygen atoms in total. The molecule has 0 radical (unpaired) electrons. The molecule has 1 aliphatic heterocycles. The van der Waals surface area contributed by atoms with E-state index in [4.69, 9.17) is 22.3 Å². The molecule has 16 N–H and O–H groups in total. The first-order valence-corrected chi connectivity index (χ1v) is 24.1. The van der Waals surface area contributed by atoms with Gasteiger partial charge in [0, 0.05) is 6.54 Å². The Balaban J connectivity index is 3.23. The first-order valence-electron chi connectivity index (χ1n) is 22.7. The van der Waals surface area contributed by atoms with E-state index >= 15 is 0 Å². The molecule has 1 rings (SSSR count). The molecule has 8 amide bonds. The lowest BCUT2D eigenvalue weighted by Gasteiger charge is -2.30. The highest BCUT2D eigenvalue weighted by Crippen LogP contribution is 2.20. The highest BCUT2D eigenvalue weighted by Gasteiger charge is 2.40. The van der Waals surface area contributed by atoms with E-state index in [1.807, 2.05) is 27.7 Å².